The zero-order valence-corrected chi connectivity index (χ0v) is 12.0. The maximum absolute atomic E-state index is 13.2. The van der Waals surface area contributed by atoms with Crippen molar-refractivity contribution in [2.45, 2.75) is 6.92 Å². The van der Waals surface area contributed by atoms with Crippen molar-refractivity contribution >= 4 is 27.7 Å². The average molecular weight is 329 g/mol. The van der Waals surface area contributed by atoms with Gasteiger partial charge in [0.15, 0.2) is 0 Å². The summed E-state index contributed by atoms with van der Waals surface area (Å²) in [5, 5.41) is 0. The highest BCUT2D eigenvalue weighted by Gasteiger charge is 2.36. The highest BCUT2D eigenvalue weighted by molar-refractivity contribution is 9.10. The summed E-state index contributed by atoms with van der Waals surface area (Å²) in [6.07, 6.45) is 0. The molecule has 1 heterocycles. The number of amides is 2. The second-order valence-electron chi connectivity index (χ2n) is 4.82. The van der Waals surface area contributed by atoms with E-state index in [0.29, 0.717) is 11.0 Å². The molecule has 1 saturated heterocycles. The van der Waals surface area contributed by atoms with Crippen molar-refractivity contribution < 1.29 is 14.0 Å². The number of halogens is 2. The van der Waals surface area contributed by atoms with Crippen LogP contribution in [0, 0.1) is 17.7 Å². The van der Waals surface area contributed by atoms with E-state index in [-0.39, 0.29) is 29.9 Å². The first-order chi connectivity index (χ1) is 8.90. The van der Waals surface area contributed by atoms with Gasteiger partial charge in [0.1, 0.15) is 5.82 Å². The van der Waals surface area contributed by atoms with Crippen LogP contribution in [0.4, 0.5) is 4.39 Å². The van der Waals surface area contributed by atoms with Gasteiger partial charge < -0.3 is 10.6 Å². The summed E-state index contributed by atoms with van der Waals surface area (Å²) in [5.41, 5.74) is 5.56. The standard InChI is InChI=1S/C13H14BrFN2O2/c1-7-5-17(6-10(7)12(16)18)13(19)9-4-8(15)2-3-11(9)14/h2-4,7,10H,5-6H2,1H3,(H2,16,18)/t7-,10-/m1/s1. The average Bonchev–Trinajstić information content (AvgIpc) is 2.74. The predicted molar refractivity (Wildman–Crippen MR) is 71.9 cm³/mol. The number of rotatable bonds is 2. The number of hydrogen-bond acceptors (Lipinski definition) is 2. The Kier molecular flexibility index (Phi) is 3.89. The second-order valence-corrected chi connectivity index (χ2v) is 5.67. The van der Waals surface area contributed by atoms with Crippen LogP contribution in [-0.4, -0.2) is 29.8 Å². The van der Waals surface area contributed by atoms with Gasteiger partial charge >= 0.3 is 0 Å². The van der Waals surface area contributed by atoms with E-state index in [1.807, 2.05) is 6.92 Å². The van der Waals surface area contributed by atoms with E-state index in [4.69, 9.17) is 5.73 Å². The molecule has 6 heteroatoms. The number of benzene rings is 1. The predicted octanol–water partition coefficient (Wildman–Crippen LogP) is 1.78. The topological polar surface area (TPSA) is 63.4 Å². The van der Waals surface area contributed by atoms with Crippen LogP contribution >= 0.6 is 15.9 Å². The molecule has 4 nitrogen and oxygen atoms in total. The van der Waals surface area contributed by atoms with Crippen molar-refractivity contribution in [1.29, 1.82) is 0 Å². The fraction of sp³-hybridized carbons (Fsp3) is 0.385. The summed E-state index contributed by atoms with van der Waals surface area (Å²) >= 11 is 3.23. The van der Waals surface area contributed by atoms with Crippen molar-refractivity contribution in [1.82, 2.24) is 4.90 Å². The Bertz CT molecular complexity index is 535. The van der Waals surface area contributed by atoms with Gasteiger partial charge in [-0.15, -0.1) is 0 Å². The van der Waals surface area contributed by atoms with Crippen LogP contribution in [0.2, 0.25) is 0 Å². The van der Waals surface area contributed by atoms with Crippen molar-refractivity contribution in [3.05, 3.63) is 34.1 Å². The lowest BCUT2D eigenvalue weighted by atomic mass is 9.98. The van der Waals surface area contributed by atoms with Crippen LogP contribution in [-0.2, 0) is 4.79 Å². The van der Waals surface area contributed by atoms with Gasteiger partial charge in [-0.05, 0) is 40.0 Å². The summed E-state index contributed by atoms with van der Waals surface area (Å²) in [6.45, 7) is 2.62. The maximum Gasteiger partial charge on any atom is 0.255 e. The van der Waals surface area contributed by atoms with Gasteiger partial charge in [0.25, 0.3) is 5.91 Å². The fourth-order valence-corrected chi connectivity index (χ4v) is 2.75. The molecule has 1 aliphatic heterocycles. The molecule has 19 heavy (non-hydrogen) atoms. The smallest absolute Gasteiger partial charge is 0.255 e. The molecule has 0 radical (unpaired) electrons. The van der Waals surface area contributed by atoms with E-state index in [1.54, 1.807) is 4.90 Å². The van der Waals surface area contributed by atoms with Crippen LogP contribution in [0.15, 0.2) is 22.7 Å². The van der Waals surface area contributed by atoms with E-state index in [0.717, 1.165) is 0 Å². The lowest BCUT2D eigenvalue weighted by molar-refractivity contribution is -0.122. The van der Waals surface area contributed by atoms with E-state index in [1.165, 1.54) is 18.2 Å². The number of likely N-dealkylation sites (tertiary alicyclic amines) is 1. The third kappa shape index (κ3) is 2.78. The Morgan fingerprint density at radius 3 is 2.68 bits per heavy atom. The number of nitrogens with zero attached hydrogens (tertiary/aromatic N) is 1. The molecule has 0 unspecified atom stereocenters. The molecular weight excluding hydrogens is 315 g/mol. The number of carbonyl (C=O) groups is 2. The molecule has 2 atom stereocenters. The molecule has 1 aliphatic rings. The van der Waals surface area contributed by atoms with Crippen LogP contribution in [0.3, 0.4) is 0 Å². The zero-order valence-electron chi connectivity index (χ0n) is 10.4. The lowest BCUT2D eigenvalue weighted by Crippen LogP contribution is -2.32. The Morgan fingerprint density at radius 1 is 1.42 bits per heavy atom. The number of hydrogen-bond donors (Lipinski definition) is 1. The molecule has 1 aromatic rings. The van der Waals surface area contributed by atoms with Crippen molar-refractivity contribution in [2.24, 2.45) is 17.6 Å². The third-order valence-corrected chi connectivity index (χ3v) is 4.12. The largest absolute Gasteiger partial charge is 0.369 e. The molecule has 2 N–H and O–H groups in total. The molecule has 0 bridgehead atoms. The van der Waals surface area contributed by atoms with Gasteiger partial charge in [-0.1, -0.05) is 6.92 Å². The first-order valence-electron chi connectivity index (χ1n) is 5.93. The van der Waals surface area contributed by atoms with Crippen LogP contribution in [0.5, 0.6) is 0 Å². The Balaban J connectivity index is 2.22. The summed E-state index contributed by atoms with van der Waals surface area (Å²) in [6, 6.07) is 3.96. The van der Waals surface area contributed by atoms with Crippen LogP contribution < -0.4 is 5.73 Å². The zero-order chi connectivity index (χ0) is 14.2. The molecule has 0 spiro atoms. The molecule has 0 aliphatic carbocycles. The van der Waals surface area contributed by atoms with E-state index in [2.05, 4.69) is 15.9 Å². The van der Waals surface area contributed by atoms with E-state index in [9.17, 15) is 14.0 Å². The molecule has 102 valence electrons. The van der Waals surface area contributed by atoms with Crippen molar-refractivity contribution in [3.8, 4) is 0 Å². The Labute approximate surface area is 118 Å². The molecule has 1 aromatic carbocycles. The van der Waals surface area contributed by atoms with Gasteiger partial charge in [0.05, 0.1) is 11.5 Å². The van der Waals surface area contributed by atoms with Crippen molar-refractivity contribution in [3.63, 3.8) is 0 Å². The van der Waals surface area contributed by atoms with Crippen molar-refractivity contribution in [2.75, 3.05) is 13.1 Å². The van der Waals surface area contributed by atoms with Crippen LogP contribution in [0.1, 0.15) is 17.3 Å². The Hall–Kier alpha value is -1.43. The number of carbonyl (C=O) groups excluding carboxylic acids is 2. The summed E-state index contributed by atoms with van der Waals surface area (Å²) in [7, 11) is 0. The molecule has 0 saturated carbocycles. The molecule has 1 fully saturated rings. The minimum absolute atomic E-state index is 0.0220. The van der Waals surface area contributed by atoms with E-state index >= 15 is 0 Å². The summed E-state index contributed by atoms with van der Waals surface area (Å²) in [5.74, 6) is -1.47. The minimum Gasteiger partial charge on any atom is -0.369 e. The first kappa shape index (κ1) is 14.0. The van der Waals surface area contributed by atoms with E-state index < -0.39 is 11.7 Å². The highest BCUT2D eigenvalue weighted by atomic mass is 79.9. The summed E-state index contributed by atoms with van der Waals surface area (Å²) in [4.78, 5) is 25.1. The van der Waals surface area contributed by atoms with Gasteiger partial charge in [0, 0.05) is 17.6 Å². The SMILES string of the molecule is C[C@@H]1CN(C(=O)c2cc(F)ccc2Br)C[C@H]1C(N)=O. The minimum atomic E-state index is -0.467. The molecular formula is C13H14BrFN2O2. The number of primary amides is 1. The number of nitrogens with two attached hydrogens (primary N) is 1. The second kappa shape index (κ2) is 5.28. The quantitative estimate of drug-likeness (QED) is 0.899. The highest BCUT2D eigenvalue weighted by Crippen LogP contribution is 2.26. The molecule has 2 amide bonds. The van der Waals surface area contributed by atoms with Crippen LogP contribution in [0.25, 0.3) is 0 Å². The third-order valence-electron chi connectivity index (χ3n) is 3.42. The maximum atomic E-state index is 13.2. The lowest BCUT2D eigenvalue weighted by Gasteiger charge is -2.17. The Morgan fingerprint density at radius 2 is 2.11 bits per heavy atom. The fourth-order valence-electron chi connectivity index (χ4n) is 2.33. The first-order valence-corrected chi connectivity index (χ1v) is 6.73. The van der Waals surface area contributed by atoms with Gasteiger partial charge in [-0.25, -0.2) is 4.39 Å². The molecule has 2 rings (SSSR count). The summed E-state index contributed by atoms with van der Waals surface area (Å²) < 4.78 is 13.7. The van der Waals surface area contributed by atoms with Gasteiger partial charge in [-0.3, -0.25) is 9.59 Å². The monoisotopic (exact) mass is 328 g/mol. The molecule has 0 aromatic heterocycles. The van der Waals surface area contributed by atoms with Gasteiger partial charge in [0.2, 0.25) is 5.91 Å². The normalized spacial score (nSPS) is 22.6. The van der Waals surface area contributed by atoms with Gasteiger partial charge in [-0.2, -0.15) is 0 Å².